The number of ether oxygens (including phenoxy) is 2. The summed E-state index contributed by atoms with van der Waals surface area (Å²) in [6.07, 6.45) is 0. The lowest BCUT2D eigenvalue weighted by Gasteiger charge is -2.15. The van der Waals surface area contributed by atoms with E-state index >= 15 is 0 Å². The number of carbonyl (C=O) groups excluding carboxylic acids is 2. The van der Waals surface area contributed by atoms with Gasteiger partial charge in [0.25, 0.3) is 15.9 Å². The van der Waals surface area contributed by atoms with Gasteiger partial charge in [0.05, 0.1) is 36.1 Å². The van der Waals surface area contributed by atoms with Crippen molar-refractivity contribution in [3.8, 4) is 11.5 Å². The number of methoxy groups -OCH3 is 2. The summed E-state index contributed by atoms with van der Waals surface area (Å²) in [4.78, 5) is 24.1. The second-order valence-corrected chi connectivity index (χ2v) is 8.56. The molecule has 10 heteroatoms. The van der Waals surface area contributed by atoms with Crippen molar-refractivity contribution < 1.29 is 27.5 Å². The quantitative estimate of drug-likeness (QED) is 0.462. The van der Waals surface area contributed by atoms with Gasteiger partial charge in [-0.2, -0.15) is 0 Å². The first-order chi connectivity index (χ1) is 15.7. The van der Waals surface area contributed by atoms with E-state index in [0.717, 1.165) is 0 Å². The van der Waals surface area contributed by atoms with Gasteiger partial charge in [-0.25, -0.2) is 8.42 Å². The number of hydrogen-bond donors (Lipinski definition) is 3. The van der Waals surface area contributed by atoms with Gasteiger partial charge in [-0.3, -0.25) is 14.3 Å². The summed E-state index contributed by atoms with van der Waals surface area (Å²) in [5, 5.41) is 5.30. The van der Waals surface area contributed by atoms with Gasteiger partial charge in [-0.1, -0.05) is 12.1 Å². The first-order valence-corrected chi connectivity index (χ1v) is 11.2. The van der Waals surface area contributed by atoms with Crippen LogP contribution in [0.15, 0.2) is 71.6 Å². The Morgan fingerprint density at radius 3 is 2.15 bits per heavy atom. The van der Waals surface area contributed by atoms with Crippen LogP contribution in [0, 0.1) is 0 Å². The summed E-state index contributed by atoms with van der Waals surface area (Å²) in [5.74, 6) is 0.150. The summed E-state index contributed by atoms with van der Waals surface area (Å²) in [5.41, 5.74) is 1.09. The van der Waals surface area contributed by atoms with Gasteiger partial charge in [-0.15, -0.1) is 0 Å². The number of para-hydroxylation sites is 1. The Hall–Kier alpha value is -4.05. The molecule has 0 saturated heterocycles. The Balaban J connectivity index is 1.84. The molecule has 0 aliphatic rings. The molecule has 0 bridgehead atoms. The summed E-state index contributed by atoms with van der Waals surface area (Å²) < 4.78 is 38.6. The minimum absolute atomic E-state index is 0.0244. The molecular formula is C23H23N3O6S. The third-order valence-electron chi connectivity index (χ3n) is 4.56. The zero-order valence-corrected chi connectivity index (χ0v) is 19.0. The van der Waals surface area contributed by atoms with Crippen LogP contribution in [-0.4, -0.2) is 34.5 Å². The largest absolute Gasteiger partial charge is 0.497 e. The van der Waals surface area contributed by atoms with Crippen LogP contribution in [0.1, 0.15) is 17.3 Å². The zero-order chi connectivity index (χ0) is 24.0. The van der Waals surface area contributed by atoms with E-state index < -0.39 is 15.9 Å². The molecule has 3 aromatic rings. The van der Waals surface area contributed by atoms with Gasteiger partial charge in [0, 0.05) is 18.7 Å². The van der Waals surface area contributed by atoms with Crippen molar-refractivity contribution >= 4 is 38.9 Å². The van der Waals surface area contributed by atoms with E-state index in [9.17, 15) is 18.0 Å². The van der Waals surface area contributed by atoms with Crippen LogP contribution in [0.4, 0.5) is 17.1 Å². The summed E-state index contributed by atoms with van der Waals surface area (Å²) in [6.45, 7) is 1.36. The van der Waals surface area contributed by atoms with E-state index in [-0.39, 0.29) is 22.1 Å². The Kier molecular flexibility index (Phi) is 7.19. The minimum Gasteiger partial charge on any atom is -0.497 e. The number of rotatable bonds is 8. The molecule has 3 aromatic carbocycles. The van der Waals surface area contributed by atoms with Crippen LogP contribution >= 0.6 is 0 Å². The van der Waals surface area contributed by atoms with E-state index in [1.807, 2.05) is 0 Å². The fraction of sp³-hybridized carbons (Fsp3) is 0.130. The van der Waals surface area contributed by atoms with Crippen molar-refractivity contribution in [2.75, 3.05) is 29.6 Å². The number of carbonyl (C=O) groups is 2. The fourth-order valence-corrected chi connectivity index (χ4v) is 4.07. The first kappa shape index (κ1) is 23.6. The number of benzene rings is 3. The molecule has 9 nitrogen and oxygen atoms in total. The van der Waals surface area contributed by atoms with Crippen molar-refractivity contribution in [1.29, 1.82) is 0 Å². The predicted molar refractivity (Wildman–Crippen MR) is 125 cm³/mol. The van der Waals surface area contributed by atoms with Crippen LogP contribution in [0.3, 0.4) is 0 Å². The van der Waals surface area contributed by atoms with Crippen LogP contribution < -0.4 is 24.8 Å². The molecule has 0 spiro atoms. The van der Waals surface area contributed by atoms with Gasteiger partial charge in [0.2, 0.25) is 5.91 Å². The Morgan fingerprint density at radius 2 is 1.52 bits per heavy atom. The van der Waals surface area contributed by atoms with Crippen LogP contribution in [0.25, 0.3) is 0 Å². The normalized spacial score (nSPS) is 10.8. The topological polar surface area (TPSA) is 123 Å². The van der Waals surface area contributed by atoms with Crippen molar-refractivity contribution in [2.45, 2.75) is 11.8 Å². The van der Waals surface area contributed by atoms with Crippen LogP contribution in [-0.2, 0) is 14.8 Å². The van der Waals surface area contributed by atoms with Crippen molar-refractivity contribution in [3.05, 3.63) is 72.3 Å². The Bertz CT molecular complexity index is 1270. The summed E-state index contributed by atoms with van der Waals surface area (Å²) >= 11 is 0. The molecule has 3 rings (SSSR count). The van der Waals surface area contributed by atoms with E-state index in [0.29, 0.717) is 22.9 Å². The highest BCUT2D eigenvalue weighted by Crippen LogP contribution is 2.30. The SMILES string of the molecule is COc1ccc(NC(=O)c2ccccc2NS(=O)(=O)c2ccc(NC(C)=O)cc2)c(OC)c1. The van der Waals surface area contributed by atoms with E-state index in [2.05, 4.69) is 15.4 Å². The summed E-state index contributed by atoms with van der Waals surface area (Å²) in [6, 6.07) is 16.8. The van der Waals surface area contributed by atoms with Gasteiger partial charge in [0.15, 0.2) is 0 Å². The zero-order valence-electron chi connectivity index (χ0n) is 18.2. The molecule has 0 unspecified atom stereocenters. The molecule has 0 heterocycles. The van der Waals surface area contributed by atoms with Crippen molar-refractivity contribution in [2.24, 2.45) is 0 Å². The van der Waals surface area contributed by atoms with Gasteiger partial charge >= 0.3 is 0 Å². The van der Waals surface area contributed by atoms with Gasteiger partial charge in [-0.05, 0) is 48.5 Å². The maximum Gasteiger partial charge on any atom is 0.261 e. The lowest BCUT2D eigenvalue weighted by molar-refractivity contribution is -0.114. The average molecular weight is 470 g/mol. The monoisotopic (exact) mass is 469 g/mol. The third kappa shape index (κ3) is 5.80. The lowest BCUT2D eigenvalue weighted by Crippen LogP contribution is -2.19. The molecule has 0 aromatic heterocycles. The lowest BCUT2D eigenvalue weighted by atomic mass is 10.1. The number of amides is 2. The van der Waals surface area contributed by atoms with E-state index in [1.165, 1.54) is 57.5 Å². The number of hydrogen-bond acceptors (Lipinski definition) is 6. The highest BCUT2D eigenvalue weighted by Gasteiger charge is 2.20. The first-order valence-electron chi connectivity index (χ1n) is 9.76. The molecular weight excluding hydrogens is 446 g/mol. The second kappa shape index (κ2) is 10.0. The number of sulfonamides is 1. The Morgan fingerprint density at radius 1 is 0.818 bits per heavy atom. The van der Waals surface area contributed by atoms with Gasteiger partial charge in [0.1, 0.15) is 11.5 Å². The molecule has 0 fully saturated rings. The highest BCUT2D eigenvalue weighted by atomic mass is 32.2. The molecule has 0 radical (unpaired) electrons. The molecule has 2 amide bonds. The van der Waals surface area contributed by atoms with Crippen molar-refractivity contribution in [1.82, 2.24) is 0 Å². The van der Waals surface area contributed by atoms with Crippen LogP contribution in [0.2, 0.25) is 0 Å². The molecule has 33 heavy (non-hydrogen) atoms. The highest BCUT2D eigenvalue weighted by molar-refractivity contribution is 7.92. The van der Waals surface area contributed by atoms with Crippen molar-refractivity contribution in [3.63, 3.8) is 0 Å². The molecule has 0 aliphatic carbocycles. The third-order valence-corrected chi connectivity index (χ3v) is 5.94. The maximum atomic E-state index is 13.0. The predicted octanol–water partition coefficient (Wildman–Crippen LogP) is 3.72. The molecule has 0 saturated carbocycles. The molecule has 0 atom stereocenters. The summed E-state index contributed by atoms with van der Waals surface area (Å²) in [7, 11) is -1.01. The number of anilines is 3. The van der Waals surface area contributed by atoms with E-state index in [1.54, 1.807) is 30.3 Å². The average Bonchev–Trinajstić information content (AvgIpc) is 2.79. The van der Waals surface area contributed by atoms with E-state index in [4.69, 9.17) is 9.47 Å². The second-order valence-electron chi connectivity index (χ2n) is 6.88. The fourth-order valence-electron chi connectivity index (χ4n) is 2.99. The standard InChI is InChI=1S/C23H23N3O6S/c1-15(27)24-16-8-11-18(12-9-16)33(29,30)26-20-7-5-4-6-19(20)23(28)25-21-13-10-17(31-2)14-22(21)32-3/h4-14,26H,1-3H3,(H,24,27)(H,25,28). The van der Waals surface area contributed by atoms with Gasteiger partial charge < -0.3 is 20.1 Å². The minimum atomic E-state index is -3.99. The molecule has 3 N–H and O–H groups in total. The maximum absolute atomic E-state index is 13.0. The number of nitrogens with one attached hydrogen (secondary N) is 3. The molecule has 172 valence electrons. The smallest absolute Gasteiger partial charge is 0.261 e. The molecule has 0 aliphatic heterocycles. The Labute approximate surface area is 191 Å². The van der Waals surface area contributed by atoms with Crippen LogP contribution in [0.5, 0.6) is 11.5 Å².